The molecular formula is C22H15ClF3N3O2S. The zero-order valence-electron chi connectivity index (χ0n) is 16.5. The van der Waals surface area contributed by atoms with Crippen LogP contribution in [-0.4, -0.2) is 18.0 Å². The van der Waals surface area contributed by atoms with E-state index in [-0.39, 0.29) is 16.3 Å². The van der Waals surface area contributed by atoms with Gasteiger partial charge in [-0.1, -0.05) is 11.6 Å². The van der Waals surface area contributed by atoms with E-state index in [9.17, 15) is 18.0 Å². The Labute approximate surface area is 189 Å². The molecule has 0 aliphatic rings. The van der Waals surface area contributed by atoms with Crippen molar-refractivity contribution >= 4 is 50.4 Å². The van der Waals surface area contributed by atoms with Crippen LogP contribution in [0.1, 0.15) is 15.2 Å². The van der Waals surface area contributed by atoms with Gasteiger partial charge < -0.3 is 15.8 Å². The molecule has 0 radical (unpaired) electrons. The van der Waals surface area contributed by atoms with E-state index in [2.05, 4.69) is 10.3 Å². The van der Waals surface area contributed by atoms with Gasteiger partial charge in [0.05, 0.1) is 29.1 Å². The molecule has 0 saturated heterocycles. The molecule has 0 fully saturated rings. The van der Waals surface area contributed by atoms with Crippen LogP contribution >= 0.6 is 22.9 Å². The number of ether oxygens (including phenoxy) is 1. The molecule has 32 heavy (non-hydrogen) atoms. The molecule has 2 heterocycles. The summed E-state index contributed by atoms with van der Waals surface area (Å²) in [6.45, 7) is 0. The number of carbonyl (C=O) groups excluding carboxylic acids is 1. The Hall–Kier alpha value is -3.30. The zero-order chi connectivity index (χ0) is 23.0. The van der Waals surface area contributed by atoms with E-state index in [1.807, 2.05) is 24.3 Å². The molecule has 1 amide bonds. The first-order valence-corrected chi connectivity index (χ1v) is 10.4. The van der Waals surface area contributed by atoms with Crippen molar-refractivity contribution in [1.82, 2.24) is 4.98 Å². The number of nitrogens with two attached hydrogens (primary N) is 1. The van der Waals surface area contributed by atoms with Crippen molar-refractivity contribution in [2.45, 2.75) is 6.18 Å². The number of alkyl halides is 3. The lowest BCUT2D eigenvalue weighted by molar-refractivity contribution is -0.137. The van der Waals surface area contributed by atoms with Crippen LogP contribution in [0.4, 0.5) is 24.5 Å². The lowest BCUT2D eigenvalue weighted by Gasteiger charge is -2.11. The van der Waals surface area contributed by atoms with Gasteiger partial charge in [-0.3, -0.25) is 4.79 Å². The van der Waals surface area contributed by atoms with Crippen molar-refractivity contribution in [2.75, 3.05) is 18.2 Å². The van der Waals surface area contributed by atoms with Crippen molar-refractivity contribution in [3.8, 4) is 17.0 Å². The van der Waals surface area contributed by atoms with Crippen LogP contribution < -0.4 is 15.8 Å². The lowest BCUT2D eigenvalue weighted by Crippen LogP contribution is -2.13. The molecule has 0 spiro atoms. The highest BCUT2D eigenvalue weighted by Crippen LogP contribution is 2.37. The van der Waals surface area contributed by atoms with Gasteiger partial charge in [-0.05, 0) is 54.6 Å². The minimum Gasteiger partial charge on any atom is -0.497 e. The fourth-order valence-corrected chi connectivity index (χ4v) is 4.31. The van der Waals surface area contributed by atoms with E-state index in [0.29, 0.717) is 21.7 Å². The molecule has 2 aromatic heterocycles. The molecular weight excluding hydrogens is 463 g/mol. The maximum absolute atomic E-state index is 13.1. The average Bonchev–Trinajstić information content (AvgIpc) is 3.10. The normalized spacial score (nSPS) is 11.5. The summed E-state index contributed by atoms with van der Waals surface area (Å²) in [7, 11) is 1.58. The molecule has 0 saturated carbocycles. The van der Waals surface area contributed by atoms with Crippen LogP contribution in [0.2, 0.25) is 5.02 Å². The minimum absolute atomic E-state index is 0.0459. The Balaban J connectivity index is 1.64. The van der Waals surface area contributed by atoms with Crippen molar-refractivity contribution < 1.29 is 22.7 Å². The van der Waals surface area contributed by atoms with Gasteiger partial charge in [-0.2, -0.15) is 13.2 Å². The number of hydrogen-bond donors (Lipinski definition) is 2. The van der Waals surface area contributed by atoms with Crippen LogP contribution in [0, 0.1) is 0 Å². The summed E-state index contributed by atoms with van der Waals surface area (Å²) < 4.78 is 44.4. The topological polar surface area (TPSA) is 77.2 Å². The highest BCUT2D eigenvalue weighted by molar-refractivity contribution is 7.21. The molecule has 0 bridgehead atoms. The number of nitrogens with zero attached hydrogens (tertiary/aromatic N) is 1. The maximum Gasteiger partial charge on any atom is 0.417 e. The van der Waals surface area contributed by atoms with Crippen molar-refractivity contribution in [2.24, 2.45) is 0 Å². The molecule has 0 atom stereocenters. The summed E-state index contributed by atoms with van der Waals surface area (Å²) >= 11 is 6.69. The molecule has 10 heteroatoms. The number of nitrogen functional groups attached to an aromatic ring is 1. The Morgan fingerprint density at radius 3 is 2.50 bits per heavy atom. The van der Waals surface area contributed by atoms with Crippen molar-refractivity contribution in [3.05, 3.63) is 70.1 Å². The van der Waals surface area contributed by atoms with E-state index in [0.717, 1.165) is 29.0 Å². The molecule has 2 aromatic carbocycles. The van der Waals surface area contributed by atoms with Crippen molar-refractivity contribution in [3.63, 3.8) is 0 Å². The number of nitrogens with one attached hydrogen (secondary N) is 1. The average molecular weight is 478 g/mol. The zero-order valence-corrected chi connectivity index (χ0v) is 18.0. The Bertz CT molecular complexity index is 1320. The second-order valence-corrected chi connectivity index (χ2v) is 8.18. The Morgan fingerprint density at radius 1 is 1.12 bits per heavy atom. The molecule has 0 unspecified atom stereocenters. The van der Waals surface area contributed by atoms with E-state index in [1.54, 1.807) is 19.2 Å². The smallest absolute Gasteiger partial charge is 0.417 e. The molecule has 4 aromatic rings. The monoisotopic (exact) mass is 477 g/mol. The van der Waals surface area contributed by atoms with E-state index in [4.69, 9.17) is 22.1 Å². The number of pyridine rings is 1. The summed E-state index contributed by atoms with van der Waals surface area (Å²) in [4.78, 5) is 18.0. The van der Waals surface area contributed by atoms with E-state index in [1.165, 1.54) is 6.07 Å². The van der Waals surface area contributed by atoms with Gasteiger partial charge >= 0.3 is 6.18 Å². The number of hydrogen-bond acceptors (Lipinski definition) is 5. The number of carbonyl (C=O) groups is 1. The van der Waals surface area contributed by atoms with E-state index < -0.39 is 22.7 Å². The Morgan fingerprint density at radius 2 is 1.84 bits per heavy atom. The molecule has 0 aliphatic heterocycles. The molecule has 5 nitrogen and oxygen atoms in total. The van der Waals surface area contributed by atoms with Gasteiger partial charge in [-0.25, -0.2) is 4.98 Å². The molecule has 0 aliphatic carbocycles. The van der Waals surface area contributed by atoms with Crippen LogP contribution in [0.25, 0.3) is 21.5 Å². The number of anilines is 2. The van der Waals surface area contributed by atoms with Gasteiger partial charge in [0.2, 0.25) is 0 Å². The summed E-state index contributed by atoms with van der Waals surface area (Å²) in [5, 5.41) is 2.59. The largest absolute Gasteiger partial charge is 0.497 e. The molecule has 3 N–H and O–H groups in total. The lowest BCUT2D eigenvalue weighted by atomic mass is 10.1. The number of thiophene rings is 1. The van der Waals surface area contributed by atoms with Gasteiger partial charge in [0.1, 0.15) is 15.5 Å². The highest BCUT2D eigenvalue weighted by atomic mass is 35.5. The third kappa shape index (κ3) is 4.21. The van der Waals surface area contributed by atoms with Crippen LogP contribution in [0.5, 0.6) is 5.75 Å². The van der Waals surface area contributed by atoms with Crippen LogP contribution in [0.3, 0.4) is 0 Å². The van der Waals surface area contributed by atoms with Gasteiger partial charge in [0, 0.05) is 16.6 Å². The number of rotatable bonds is 4. The maximum atomic E-state index is 13.1. The first-order chi connectivity index (χ1) is 15.2. The minimum atomic E-state index is -4.64. The molecule has 164 valence electrons. The SMILES string of the molecule is COc1ccc(-c2ccc3c(N)c(C(=O)Nc4ccc(Cl)c(C(F)(F)F)c4)sc3n2)cc1. The quantitative estimate of drug-likeness (QED) is 0.352. The van der Waals surface area contributed by atoms with Gasteiger partial charge in [0.15, 0.2) is 0 Å². The van der Waals surface area contributed by atoms with Crippen molar-refractivity contribution in [1.29, 1.82) is 0 Å². The van der Waals surface area contributed by atoms with Gasteiger partial charge in [0.25, 0.3) is 5.91 Å². The number of fused-ring (bicyclic) bond motifs is 1. The fraction of sp³-hybridized carbons (Fsp3) is 0.0909. The fourth-order valence-electron chi connectivity index (χ4n) is 3.10. The number of benzene rings is 2. The second-order valence-electron chi connectivity index (χ2n) is 6.77. The highest BCUT2D eigenvalue weighted by Gasteiger charge is 2.33. The summed E-state index contributed by atoms with van der Waals surface area (Å²) in [6.07, 6.45) is -4.64. The third-order valence-electron chi connectivity index (χ3n) is 4.72. The number of amides is 1. The predicted octanol–water partition coefficient (Wildman–Crippen LogP) is 6.48. The summed E-state index contributed by atoms with van der Waals surface area (Å²) in [6, 6.07) is 14.0. The van der Waals surface area contributed by atoms with Gasteiger partial charge in [-0.15, -0.1) is 11.3 Å². The standard InChI is InChI=1S/C22H15ClF3N3O2S/c1-31-13-5-2-11(3-6-13)17-9-7-14-18(27)19(32-21(14)29-17)20(30)28-12-4-8-16(23)15(10-12)22(24,25)26/h2-10H,27H2,1H3,(H,28,30). The van der Waals surface area contributed by atoms with Crippen LogP contribution in [-0.2, 0) is 6.18 Å². The van der Waals surface area contributed by atoms with E-state index >= 15 is 0 Å². The third-order valence-corrected chi connectivity index (χ3v) is 6.16. The predicted molar refractivity (Wildman–Crippen MR) is 120 cm³/mol. The summed E-state index contributed by atoms with van der Waals surface area (Å²) in [5.74, 6) is 0.0805. The second kappa shape index (κ2) is 8.33. The first kappa shape index (κ1) is 21.9. The number of methoxy groups -OCH3 is 1. The first-order valence-electron chi connectivity index (χ1n) is 9.19. The number of aromatic nitrogens is 1. The molecule has 4 rings (SSSR count). The Kier molecular flexibility index (Phi) is 5.70. The van der Waals surface area contributed by atoms with Crippen LogP contribution in [0.15, 0.2) is 54.6 Å². The summed E-state index contributed by atoms with van der Waals surface area (Å²) in [5.41, 5.74) is 6.80. The number of halogens is 4.